The van der Waals surface area contributed by atoms with Gasteiger partial charge in [0.2, 0.25) is 0 Å². The summed E-state index contributed by atoms with van der Waals surface area (Å²) >= 11 is 0. The van der Waals surface area contributed by atoms with Crippen LogP contribution in [0, 0.1) is 6.92 Å². The number of aryl methyl sites for hydroxylation is 1. The Morgan fingerprint density at radius 1 is 0.350 bits per heavy atom. The summed E-state index contributed by atoms with van der Waals surface area (Å²) in [5.74, 6) is 0. The Balaban J connectivity index is 1.25. The fourth-order valence-electron chi connectivity index (χ4n) is 9.59. The molecule has 0 spiro atoms. The molecule has 60 heavy (non-hydrogen) atoms. The van der Waals surface area contributed by atoms with Gasteiger partial charge in [0, 0.05) is 34.1 Å². The topological polar surface area (TPSA) is 6.48 Å². The van der Waals surface area contributed by atoms with Gasteiger partial charge >= 0.3 is 0 Å². The molecule has 0 radical (unpaired) electrons. The van der Waals surface area contributed by atoms with Crippen molar-refractivity contribution >= 4 is 57.2 Å². The van der Waals surface area contributed by atoms with Crippen molar-refractivity contribution in [1.82, 2.24) is 0 Å². The molecule has 3 heteroatoms. The van der Waals surface area contributed by atoms with Crippen LogP contribution in [0.25, 0.3) is 33.4 Å². The van der Waals surface area contributed by atoms with E-state index in [9.17, 15) is 0 Å². The molecule has 0 saturated carbocycles. The van der Waals surface area contributed by atoms with E-state index in [0.29, 0.717) is 0 Å². The maximum atomic E-state index is 2.54. The minimum atomic E-state index is -0.0321. The molecule has 2 aliphatic rings. The van der Waals surface area contributed by atoms with E-state index >= 15 is 0 Å². The van der Waals surface area contributed by atoms with Crippen molar-refractivity contribution in [2.45, 2.75) is 59.3 Å². The standard InChI is InChI=1S/C57H51BN2/c1-38-36-51-55-52(37-38)60(46-34-30-44(31-35-46)57(5,6)7)50-23-15-21-48(42-18-12-9-13-19-42)54(50)58(55)53-47(41-16-10-8-11-17-41)20-14-22-49(53)59(51)45-32-26-40(27-33-45)39-24-28-43(29-25-39)56(2,3)4/h8-37H,1-7H3. The molecule has 0 saturated heterocycles. The van der Waals surface area contributed by atoms with E-state index in [-0.39, 0.29) is 17.5 Å². The molecule has 10 rings (SSSR count). The van der Waals surface area contributed by atoms with Crippen molar-refractivity contribution in [2.75, 3.05) is 9.80 Å². The number of hydrogen-bond acceptors (Lipinski definition) is 2. The Labute approximate surface area is 356 Å². The number of fused-ring (bicyclic) bond motifs is 4. The first-order valence-corrected chi connectivity index (χ1v) is 21.4. The van der Waals surface area contributed by atoms with E-state index in [0.717, 1.165) is 11.4 Å². The summed E-state index contributed by atoms with van der Waals surface area (Å²) in [5.41, 5.74) is 22.6. The van der Waals surface area contributed by atoms with E-state index in [1.54, 1.807) is 0 Å². The number of rotatable bonds is 5. The normalized spacial score (nSPS) is 13.2. The lowest BCUT2D eigenvalue weighted by Crippen LogP contribution is -2.62. The average Bonchev–Trinajstić information content (AvgIpc) is 3.26. The SMILES string of the molecule is Cc1cc2c3c(c1)N(c1ccc(C(C)(C)C)cc1)c1cccc(-c4ccccc4)c1B3c1c(-c3ccccc3)cccc1N2c1ccc(-c2ccc(C(C)(C)C)cc2)cc1. The zero-order chi connectivity index (χ0) is 41.3. The Morgan fingerprint density at radius 3 is 1.15 bits per heavy atom. The molecule has 0 fully saturated rings. The summed E-state index contributed by atoms with van der Waals surface area (Å²) in [6, 6.07) is 68.2. The Morgan fingerprint density at radius 2 is 0.733 bits per heavy atom. The molecule has 2 nitrogen and oxygen atoms in total. The minimum absolute atomic E-state index is 0.0321. The van der Waals surface area contributed by atoms with Gasteiger partial charge in [0.25, 0.3) is 6.71 Å². The Hall–Kier alpha value is -6.58. The van der Waals surface area contributed by atoms with E-state index in [1.165, 1.54) is 89.2 Å². The zero-order valence-corrected chi connectivity index (χ0v) is 35.8. The predicted molar refractivity (Wildman–Crippen MR) is 259 cm³/mol. The Kier molecular flexibility index (Phi) is 8.99. The van der Waals surface area contributed by atoms with Crippen LogP contribution in [0.5, 0.6) is 0 Å². The lowest BCUT2D eigenvalue weighted by Gasteiger charge is -2.45. The molecule has 0 aromatic heterocycles. The van der Waals surface area contributed by atoms with Crippen molar-refractivity contribution in [3.8, 4) is 33.4 Å². The smallest absolute Gasteiger partial charge is 0.253 e. The largest absolute Gasteiger partial charge is 0.311 e. The fraction of sp³-hybridized carbons (Fsp3) is 0.158. The van der Waals surface area contributed by atoms with Crippen molar-refractivity contribution in [1.29, 1.82) is 0 Å². The maximum Gasteiger partial charge on any atom is 0.253 e. The molecule has 0 atom stereocenters. The number of hydrogen-bond donors (Lipinski definition) is 0. The van der Waals surface area contributed by atoms with Gasteiger partial charge in [0.05, 0.1) is 0 Å². The highest BCUT2D eigenvalue weighted by atomic mass is 15.2. The van der Waals surface area contributed by atoms with Crippen molar-refractivity contribution in [2.24, 2.45) is 0 Å². The molecule has 292 valence electrons. The van der Waals surface area contributed by atoms with Gasteiger partial charge in [-0.2, -0.15) is 0 Å². The molecule has 8 aromatic rings. The van der Waals surface area contributed by atoms with Crippen LogP contribution in [0.1, 0.15) is 58.2 Å². The first kappa shape index (κ1) is 37.7. The molecule has 2 aliphatic heterocycles. The van der Waals surface area contributed by atoms with Gasteiger partial charge in [0.15, 0.2) is 0 Å². The molecule has 0 amide bonds. The molecule has 8 aromatic carbocycles. The van der Waals surface area contributed by atoms with Crippen LogP contribution in [0.4, 0.5) is 34.1 Å². The van der Waals surface area contributed by atoms with Crippen molar-refractivity contribution < 1.29 is 0 Å². The lowest BCUT2D eigenvalue weighted by molar-refractivity contribution is 0.590. The van der Waals surface area contributed by atoms with Crippen LogP contribution in [0.2, 0.25) is 0 Å². The second kappa shape index (κ2) is 14.3. The Bertz CT molecular complexity index is 2860. The van der Waals surface area contributed by atoms with E-state index in [2.05, 4.69) is 240 Å². The molecule has 0 aliphatic carbocycles. The highest BCUT2D eigenvalue weighted by Gasteiger charge is 2.45. The van der Waals surface area contributed by atoms with Crippen LogP contribution < -0.4 is 26.2 Å². The summed E-state index contributed by atoms with van der Waals surface area (Å²) in [5, 5.41) is 0. The van der Waals surface area contributed by atoms with Gasteiger partial charge < -0.3 is 9.80 Å². The third-order valence-electron chi connectivity index (χ3n) is 12.6. The summed E-state index contributed by atoms with van der Waals surface area (Å²) in [6.45, 7) is 15.9. The summed E-state index contributed by atoms with van der Waals surface area (Å²) < 4.78 is 0. The van der Waals surface area contributed by atoms with Crippen LogP contribution >= 0.6 is 0 Å². The number of benzene rings is 8. The van der Waals surface area contributed by atoms with Crippen LogP contribution in [0.15, 0.2) is 182 Å². The zero-order valence-electron chi connectivity index (χ0n) is 35.8. The summed E-state index contributed by atoms with van der Waals surface area (Å²) in [4.78, 5) is 5.07. The van der Waals surface area contributed by atoms with Gasteiger partial charge in [-0.1, -0.05) is 175 Å². The molecule has 2 heterocycles. The fourth-order valence-corrected chi connectivity index (χ4v) is 9.59. The first-order chi connectivity index (χ1) is 29.0. The minimum Gasteiger partial charge on any atom is -0.311 e. The summed E-state index contributed by atoms with van der Waals surface area (Å²) in [6.07, 6.45) is 0. The number of anilines is 6. The predicted octanol–water partition coefficient (Wildman–Crippen LogP) is 13.7. The van der Waals surface area contributed by atoms with Gasteiger partial charge in [-0.3, -0.25) is 0 Å². The highest BCUT2D eigenvalue weighted by molar-refractivity contribution is 7.01. The van der Waals surface area contributed by atoms with Gasteiger partial charge in [0.1, 0.15) is 0 Å². The van der Waals surface area contributed by atoms with Crippen molar-refractivity contribution in [3.05, 3.63) is 199 Å². The monoisotopic (exact) mass is 774 g/mol. The molecular weight excluding hydrogens is 723 g/mol. The van der Waals surface area contributed by atoms with Gasteiger partial charge in [-0.15, -0.1) is 0 Å². The molecular formula is C57H51BN2. The lowest BCUT2D eigenvalue weighted by atomic mass is 9.32. The highest BCUT2D eigenvalue weighted by Crippen LogP contribution is 2.47. The average molecular weight is 775 g/mol. The maximum absolute atomic E-state index is 2.54. The van der Waals surface area contributed by atoms with E-state index in [4.69, 9.17) is 0 Å². The molecule has 0 bridgehead atoms. The summed E-state index contributed by atoms with van der Waals surface area (Å²) in [7, 11) is 0. The van der Waals surface area contributed by atoms with Crippen LogP contribution in [0.3, 0.4) is 0 Å². The van der Waals surface area contributed by atoms with Crippen LogP contribution in [-0.2, 0) is 10.8 Å². The van der Waals surface area contributed by atoms with E-state index < -0.39 is 0 Å². The van der Waals surface area contributed by atoms with Gasteiger partial charge in [-0.25, -0.2) is 0 Å². The third-order valence-corrected chi connectivity index (χ3v) is 12.6. The first-order valence-electron chi connectivity index (χ1n) is 21.4. The molecule has 0 unspecified atom stereocenters. The van der Waals surface area contributed by atoms with Gasteiger partial charge in [-0.05, 0) is 133 Å². The van der Waals surface area contributed by atoms with Crippen molar-refractivity contribution in [3.63, 3.8) is 0 Å². The quantitative estimate of drug-likeness (QED) is 0.161. The van der Waals surface area contributed by atoms with E-state index in [1.807, 2.05) is 0 Å². The number of nitrogens with zero attached hydrogens (tertiary/aromatic N) is 2. The third kappa shape index (κ3) is 6.36. The molecule has 0 N–H and O–H groups in total. The second-order valence-corrected chi connectivity index (χ2v) is 18.7. The second-order valence-electron chi connectivity index (χ2n) is 18.7. The van der Waals surface area contributed by atoms with Crippen LogP contribution in [-0.4, -0.2) is 6.71 Å².